The second-order valence-electron chi connectivity index (χ2n) is 6.67. The van der Waals surface area contributed by atoms with Crippen molar-refractivity contribution in [3.63, 3.8) is 0 Å². The molecule has 7 heteroatoms. The van der Waals surface area contributed by atoms with Gasteiger partial charge in [-0.3, -0.25) is 0 Å². The number of ether oxygens (including phenoxy) is 2. The van der Waals surface area contributed by atoms with Gasteiger partial charge in [-0.2, -0.15) is 0 Å². The average Bonchev–Trinajstić information content (AvgIpc) is 2.64. The lowest BCUT2D eigenvalue weighted by molar-refractivity contribution is -0.00228. The number of nitrogens with zero attached hydrogens (tertiary/aromatic N) is 2. The zero-order valence-electron chi connectivity index (χ0n) is 14.7. The first kappa shape index (κ1) is 18.0. The molecule has 0 radical (unpaired) electrons. The molecule has 0 unspecified atom stereocenters. The van der Waals surface area contributed by atoms with Crippen LogP contribution in [-0.2, 0) is 11.3 Å². The summed E-state index contributed by atoms with van der Waals surface area (Å²) in [6, 6.07) is 7.16. The molecule has 0 spiro atoms. The van der Waals surface area contributed by atoms with E-state index in [0.717, 1.165) is 43.9 Å². The fourth-order valence-electron chi connectivity index (χ4n) is 3.10. The minimum atomic E-state index is -0.168. The number of rotatable bonds is 4. The molecular weight excluding hydrogens is 322 g/mol. The van der Waals surface area contributed by atoms with E-state index in [-0.39, 0.29) is 24.8 Å². The number of urea groups is 1. The van der Waals surface area contributed by atoms with Gasteiger partial charge in [0.2, 0.25) is 0 Å². The number of nitrogens with one attached hydrogen (secondary N) is 1. The number of benzene rings is 1. The second kappa shape index (κ2) is 8.51. The lowest BCUT2D eigenvalue weighted by Crippen LogP contribution is -2.57. The second-order valence-corrected chi connectivity index (χ2v) is 6.67. The molecule has 1 aromatic rings. The molecule has 2 atom stereocenters. The Morgan fingerprint density at radius 1 is 1.28 bits per heavy atom. The van der Waals surface area contributed by atoms with Crippen LogP contribution in [0.2, 0.25) is 0 Å². The van der Waals surface area contributed by atoms with Gasteiger partial charge in [0.1, 0.15) is 11.9 Å². The highest BCUT2D eigenvalue weighted by atomic mass is 16.5. The molecule has 138 valence electrons. The van der Waals surface area contributed by atoms with Gasteiger partial charge < -0.3 is 29.7 Å². The number of hydrogen-bond donors (Lipinski definition) is 2. The quantitative estimate of drug-likeness (QED) is 0.836. The van der Waals surface area contributed by atoms with E-state index < -0.39 is 0 Å². The molecule has 7 nitrogen and oxygen atoms in total. The topological polar surface area (TPSA) is 74.3 Å². The Morgan fingerprint density at radius 3 is 2.68 bits per heavy atom. The van der Waals surface area contributed by atoms with Crippen molar-refractivity contribution in [2.75, 3.05) is 46.4 Å². The number of amides is 2. The fraction of sp³-hybridized carbons (Fsp3) is 0.611. The van der Waals surface area contributed by atoms with Crippen LogP contribution < -0.4 is 10.1 Å². The van der Waals surface area contributed by atoms with Gasteiger partial charge in [-0.25, -0.2) is 4.79 Å². The first-order valence-electron chi connectivity index (χ1n) is 8.84. The number of likely N-dealkylation sites (N-methyl/N-ethyl adjacent to an activating group) is 1. The summed E-state index contributed by atoms with van der Waals surface area (Å²) in [6.07, 6.45) is 0.611. The summed E-state index contributed by atoms with van der Waals surface area (Å²) in [5, 5.41) is 12.2. The number of carbonyl (C=O) groups excluding carboxylic acids is 1. The van der Waals surface area contributed by atoms with Gasteiger partial charge >= 0.3 is 6.03 Å². The Hall–Kier alpha value is -1.83. The van der Waals surface area contributed by atoms with E-state index in [1.165, 1.54) is 0 Å². The molecule has 2 amide bonds. The Balaban J connectivity index is 1.57. The first-order chi connectivity index (χ1) is 12.2. The molecule has 2 saturated heterocycles. The van der Waals surface area contributed by atoms with E-state index in [9.17, 15) is 4.79 Å². The highest BCUT2D eigenvalue weighted by molar-refractivity contribution is 5.74. The van der Waals surface area contributed by atoms with E-state index in [4.69, 9.17) is 14.6 Å². The molecule has 0 saturated carbocycles. The maximum absolute atomic E-state index is 12.5. The number of carbonyl (C=O) groups is 1. The number of hydrogen-bond acceptors (Lipinski definition) is 5. The molecule has 2 aliphatic rings. The Bertz CT molecular complexity index is 558. The molecule has 2 fully saturated rings. The Kier molecular flexibility index (Phi) is 6.12. The first-order valence-corrected chi connectivity index (χ1v) is 8.84. The summed E-state index contributed by atoms with van der Waals surface area (Å²) >= 11 is 0. The fourth-order valence-corrected chi connectivity index (χ4v) is 3.10. The van der Waals surface area contributed by atoms with E-state index >= 15 is 0 Å². The standard InChI is InChI=1S/C18H27N3O4/c1-20-7-9-21(10-8-20)18(23)19-16-13-24-11-6-17(16)25-15-4-2-14(12-22)3-5-15/h2-5,16-17,22H,6-13H2,1H3,(H,19,23)/t16-,17-/m1/s1. The normalized spacial score (nSPS) is 24.8. The van der Waals surface area contributed by atoms with Gasteiger partial charge in [0.25, 0.3) is 0 Å². The van der Waals surface area contributed by atoms with Crippen LogP contribution in [-0.4, -0.2) is 79.5 Å². The lowest BCUT2D eigenvalue weighted by atomic mass is 10.1. The molecular formula is C18H27N3O4. The van der Waals surface area contributed by atoms with Crippen molar-refractivity contribution in [1.82, 2.24) is 15.1 Å². The van der Waals surface area contributed by atoms with Crippen LogP contribution in [0.1, 0.15) is 12.0 Å². The van der Waals surface area contributed by atoms with Crippen LogP contribution in [0.4, 0.5) is 4.79 Å². The summed E-state index contributed by atoms with van der Waals surface area (Å²) < 4.78 is 11.6. The van der Waals surface area contributed by atoms with Crippen molar-refractivity contribution in [2.45, 2.75) is 25.2 Å². The molecule has 0 aliphatic carbocycles. The van der Waals surface area contributed by atoms with Crippen LogP contribution in [0.25, 0.3) is 0 Å². The maximum Gasteiger partial charge on any atom is 0.317 e. The highest BCUT2D eigenvalue weighted by Gasteiger charge is 2.31. The molecule has 25 heavy (non-hydrogen) atoms. The van der Waals surface area contributed by atoms with E-state index in [1.807, 2.05) is 29.2 Å². The van der Waals surface area contributed by atoms with E-state index in [1.54, 1.807) is 0 Å². The Morgan fingerprint density at radius 2 is 2.00 bits per heavy atom. The monoisotopic (exact) mass is 349 g/mol. The minimum absolute atomic E-state index is 0.0151. The van der Waals surface area contributed by atoms with Crippen LogP contribution in [0.5, 0.6) is 5.75 Å². The third kappa shape index (κ3) is 4.84. The van der Waals surface area contributed by atoms with Gasteiger partial charge in [-0.05, 0) is 24.7 Å². The van der Waals surface area contributed by atoms with Crippen LogP contribution in [0.3, 0.4) is 0 Å². The lowest BCUT2D eigenvalue weighted by Gasteiger charge is -2.36. The third-order valence-corrected chi connectivity index (χ3v) is 4.79. The summed E-state index contributed by atoms with van der Waals surface area (Å²) in [4.78, 5) is 16.6. The van der Waals surface area contributed by atoms with Crippen LogP contribution >= 0.6 is 0 Å². The molecule has 2 heterocycles. The van der Waals surface area contributed by atoms with Crippen LogP contribution in [0.15, 0.2) is 24.3 Å². The molecule has 1 aromatic carbocycles. The third-order valence-electron chi connectivity index (χ3n) is 4.79. The van der Waals surface area contributed by atoms with Crippen molar-refractivity contribution in [3.05, 3.63) is 29.8 Å². The van der Waals surface area contributed by atoms with Gasteiger partial charge in [-0.1, -0.05) is 12.1 Å². The van der Waals surface area contributed by atoms with Gasteiger partial charge in [0.15, 0.2) is 0 Å². The number of piperazine rings is 1. The molecule has 2 aliphatic heterocycles. The summed E-state index contributed by atoms with van der Waals surface area (Å²) in [5.41, 5.74) is 0.847. The predicted molar refractivity (Wildman–Crippen MR) is 93.6 cm³/mol. The SMILES string of the molecule is CN1CCN(C(=O)N[C@@H]2COCC[C@H]2Oc2ccc(CO)cc2)CC1. The van der Waals surface area contributed by atoms with Crippen molar-refractivity contribution in [1.29, 1.82) is 0 Å². The van der Waals surface area contributed by atoms with Gasteiger partial charge in [0, 0.05) is 32.6 Å². The molecule has 2 N–H and O–H groups in total. The minimum Gasteiger partial charge on any atom is -0.488 e. The van der Waals surface area contributed by atoms with Gasteiger partial charge in [-0.15, -0.1) is 0 Å². The smallest absolute Gasteiger partial charge is 0.317 e. The van der Waals surface area contributed by atoms with Crippen molar-refractivity contribution >= 4 is 6.03 Å². The molecule has 3 rings (SSSR count). The predicted octanol–water partition coefficient (Wildman–Crippen LogP) is 0.672. The molecule has 0 aromatic heterocycles. The van der Waals surface area contributed by atoms with Crippen molar-refractivity contribution < 1.29 is 19.4 Å². The summed E-state index contributed by atoms with van der Waals surface area (Å²) in [6.45, 7) is 4.37. The van der Waals surface area contributed by atoms with Crippen molar-refractivity contribution in [2.24, 2.45) is 0 Å². The highest BCUT2D eigenvalue weighted by Crippen LogP contribution is 2.19. The van der Waals surface area contributed by atoms with Crippen molar-refractivity contribution in [3.8, 4) is 5.75 Å². The average molecular weight is 349 g/mol. The summed E-state index contributed by atoms with van der Waals surface area (Å²) in [7, 11) is 2.07. The largest absolute Gasteiger partial charge is 0.488 e. The zero-order chi connectivity index (χ0) is 17.6. The number of aliphatic hydroxyl groups excluding tert-OH is 1. The number of aliphatic hydroxyl groups is 1. The van der Waals surface area contributed by atoms with Gasteiger partial charge in [0.05, 0.1) is 25.9 Å². The Labute approximate surface area is 148 Å². The summed E-state index contributed by atoms with van der Waals surface area (Å²) in [5.74, 6) is 0.739. The van der Waals surface area contributed by atoms with Crippen LogP contribution in [0, 0.1) is 0 Å². The zero-order valence-corrected chi connectivity index (χ0v) is 14.7. The molecule has 0 bridgehead atoms. The van der Waals surface area contributed by atoms with E-state index in [2.05, 4.69) is 17.3 Å². The van der Waals surface area contributed by atoms with E-state index in [0.29, 0.717) is 13.2 Å². The maximum atomic E-state index is 12.5.